The van der Waals surface area contributed by atoms with Crippen LogP contribution in [0.25, 0.3) is 10.9 Å². The SMILES string of the molecule is O=C(Cn1cc(S(=O)(=O)c2ccc(F)cc2)c2ccccc21)NCc1ccc(Cl)cc1. The van der Waals surface area contributed by atoms with E-state index in [9.17, 15) is 17.6 Å². The summed E-state index contributed by atoms with van der Waals surface area (Å²) < 4.78 is 41.1. The van der Waals surface area contributed by atoms with Gasteiger partial charge in [0.05, 0.1) is 9.79 Å². The highest BCUT2D eigenvalue weighted by Crippen LogP contribution is 2.30. The number of rotatable bonds is 6. The van der Waals surface area contributed by atoms with Crippen LogP contribution in [0.2, 0.25) is 5.02 Å². The van der Waals surface area contributed by atoms with Crippen LogP contribution in [0, 0.1) is 5.82 Å². The molecule has 0 aliphatic heterocycles. The summed E-state index contributed by atoms with van der Waals surface area (Å²) in [4.78, 5) is 12.6. The zero-order chi connectivity index (χ0) is 22.0. The number of carbonyl (C=O) groups is 1. The number of sulfone groups is 1. The van der Waals surface area contributed by atoms with Gasteiger partial charge in [-0.2, -0.15) is 0 Å². The third-order valence-corrected chi connectivity index (χ3v) is 6.93. The Hall–Kier alpha value is -3.16. The lowest BCUT2D eigenvalue weighted by molar-refractivity contribution is -0.121. The molecule has 158 valence electrons. The van der Waals surface area contributed by atoms with Crippen LogP contribution in [0.15, 0.2) is 88.8 Å². The quantitative estimate of drug-likeness (QED) is 0.432. The van der Waals surface area contributed by atoms with Gasteiger partial charge in [-0.3, -0.25) is 4.79 Å². The number of benzene rings is 3. The zero-order valence-electron chi connectivity index (χ0n) is 16.3. The molecule has 0 aliphatic carbocycles. The van der Waals surface area contributed by atoms with Gasteiger partial charge in [-0.25, -0.2) is 12.8 Å². The van der Waals surface area contributed by atoms with Gasteiger partial charge in [0.15, 0.2) is 0 Å². The van der Waals surface area contributed by atoms with E-state index in [0.717, 1.165) is 17.7 Å². The normalized spacial score (nSPS) is 11.5. The van der Waals surface area contributed by atoms with Gasteiger partial charge in [0.2, 0.25) is 15.7 Å². The minimum Gasteiger partial charge on any atom is -0.350 e. The smallest absolute Gasteiger partial charge is 0.240 e. The number of nitrogens with zero attached hydrogens (tertiary/aromatic N) is 1. The fourth-order valence-electron chi connectivity index (χ4n) is 3.31. The van der Waals surface area contributed by atoms with Crippen LogP contribution >= 0.6 is 11.6 Å². The van der Waals surface area contributed by atoms with Crippen LogP contribution < -0.4 is 5.32 Å². The van der Waals surface area contributed by atoms with Crippen molar-refractivity contribution in [1.29, 1.82) is 0 Å². The molecule has 0 atom stereocenters. The van der Waals surface area contributed by atoms with Crippen molar-refractivity contribution in [1.82, 2.24) is 9.88 Å². The summed E-state index contributed by atoms with van der Waals surface area (Å²) in [5.74, 6) is -0.778. The molecular weight excluding hydrogens is 439 g/mol. The van der Waals surface area contributed by atoms with E-state index in [-0.39, 0.29) is 22.2 Å². The summed E-state index contributed by atoms with van der Waals surface area (Å²) in [5, 5.41) is 3.94. The molecule has 0 saturated heterocycles. The molecule has 0 spiro atoms. The molecule has 0 unspecified atom stereocenters. The highest BCUT2D eigenvalue weighted by Gasteiger charge is 2.24. The maximum atomic E-state index is 13.2. The van der Waals surface area contributed by atoms with E-state index in [4.69, 9.17) is 11.6 Å². The standard InChI is InChI=1S/C23H18ClFN2O3S/c24-17-7-5-16(6-8-17)13-26-23(28)15-27-14-22(20-3-1-2-4-21(20)27)31(29,30)19-11-9-18(25)10-12-19/h1-12,14H,13,15H2,(H,26,28). The first-order chi connectivity index (χ1) is 14.8. The van der Waals surface area contributed by atoms with E-state index in [1.807, 2.05) is 12.1 Å². The molecule has 5 nitrogen and oxygen atoms in total. The molecule has 31 heavy (non-hydrogen) atoms. The summed E-state index contributed by atoms with van der Waals surface area (Å²) in [6, 6.07) is 18.8. The van der Waals surface area contributed by atoms with Crippen molar-refractivity contribution in [2.45, 2.75) is 22.9 Å². The van der Waals surface area contributed by atoms with Crippen LogP contribution in [0.4, 0.5) is 4.39 Å². The molecule has 1 heterocycles. The first-order valence-corrected chi connectivity index (χ1v) is 11.3. The molecule has 4 rings (SSSR count). The average Bonchev–Trinajstić information content (AvgIpc) is 3.13. The van der Waals surface area contributed by atoms with Crippen molar-refractivity contribution in [2.75, 3.05) is 0 Å². The minimum absolute atomic E-state index is 0.0102. The van der Waals surface area contributed by atoms with Crippen molar-refractivity contribution in [3.8, 4) is 0 Å². The lowest BCUT2D eigenvalue weighted by atomic mass is 10.2. The second-order valence-corrected chi connectivity index (χ2v) is 9.35. The summed E-state index contributed by atoms with van der Waals surface area (Å²) in [5.41, 5.74) is 1.51. The highest BCUT2D eigenvalue weighted by atomic mass is 35.5. The van der Waals surface area contributed by atoms with Gasteiger partial charge in [0.1, 0.15) is 12.4 Å². The van der Waals surface area contributed by atoms with E-state index < -0.39 is 15.7 Å². The van der Waals surface area contributed by atoms with Crippen LogP contribution in [0.3, 0.4) is 0 Å². The van der Waals surface area contributed by atoms with Crippen molar-refractivity contribution < 1.29 is 17.6 Å². The maximum Gasteiger partial charge on any atom is 0.240 e. The van der Waals surface area contributed by atoms with E-state index in [1.165, 1.54) is 18.3 Å². The molecule has 4 aromatic rings. The monoisotopic (exact) mass is 456 g/mol. The number of amides is 1. The van der Waals surface area contributed by atoms with Crippen LogP contribution in [0.1, 0.15) is 5.56 Å². The minimum atomic E-state index is -3.89. The van der Waals surface area contributed by atoms with Crippen molar-refractivity contribution in [3.05, 3.63) is 95.4 Å². The predicted octanol–water partition coefficient (Wildman–Crippen LogP) is 4.58. The zero-order valence-corrected chi connectivity index (χ0v) is 17.8. The number of para-hydroxylation sites is 1. The van der Waals surface area contributed by atoms with Gasteiger partial charge in [-0.05, 0) is 48.0 Å². The van der Waals surface area contributed by atoms with Crippen molar-refractivity contribution in [2.24, 2.45) is 0 Å². The average molecular weight is 457 g/mol. The molecule has 3 aromatic carbocycles. The molecule has 0 aliphatic rings. The van der Waals surface area contributed by atoms with Gasteiger partial charge >= 0.3 is 0 Å². The van der Waals surface area contributed by atoms with E-state index in [0.29, 0.717) is 22.5 Å². The second-order valence-electron chi connectivity index (χ2n) is 7.00. The third-order valence-electron chi connectivity index (χ3n) is 4.88. The highest BCUT2D eigenvalue weighted by molar-refractivity contribution is 7.91. The van der Waals surface area contributed by atoms with Gasteiger partial charge in [-0.1, -0.05) is 41.9 Å². The Morgan fingerprint density at radius 1 is 0.968 bits per heavy atom. The first-order valence-electron chi connectivity index (χ1n) is 9.44. The van der Waals surface area contributed by atoms with Gasteiger partial charge < -0.3 is 9.88 Å². The molecule has 0 fully saturated rings. The third kappa shape index (κ3) is 4.47. The Kier molecular flexibility index (Phi) is 5.80. The lowest BCUT2D eigenvalue weighted by Gasteiger charge is -2.07. The number of nitrogens with one attached hydrogen (secondary N) is 1. The summed E-state index contributed by atoms with van der Waals surface area (Å²) in [6.07, 6.45) is 1.45. The van der Waals surface area contributed by atoms with Gasteiger partial charge in [0, 0.05) is 28.7 Å². The fraction of sp³-hybridized carbons (Fsp3) is 0.0870. The van der Waals surface area contributed by atoms with E-state index in [2.05, 4.69) is 5.32 Å². The Balaban J connectivity index is 1.61. The number of aromatic nitrogens is 1. The first kappa shape index (κ1) is 21.1. The number of fused-ring (bicyclic) bond motifs is 1. The Morgan fingerprint density at radius 3 is 2.35 bits per heavy atom. The molecule has 0 saturated carbocycles. The van der Waals surface area contributed by atoms with Crippen molar-refractivity contribution >= 4 is 38.2 Å². The molecular formula is C23H18ClFN2O3S. The van der Waals surface area contributed by atoms with Crippen LogP contribution in [0.5, 0.6) is 0 Å². The number of hydrogen-bond acceptors (Lipinski definition) is 3. The molecule has 1 aromatic heterocycles. The number of hydrogen-bond donors (Lipinski definition) is 1. The fourth-order valence-corrected chi connectivity index (χ4v) is 4.91. The van der Waals surface area contributed by atoms with Gasteiger partial charge in [0.25, 0.3) is 0 Å². The summed E-state index contributed by atoms with van der Waals surface area (Å²) in [7, 11) is -3.89. The predicted molar refractivity (Wildman–Crippen MR) is 117 cm³/mol. The van der Waals surface area contributed by atoms with E-state index >= 15 is 0 Å². The topological polar surface area (TPSA) is 68.2 Å². The second kappa shape index (κ2) is 8.53. The Bertz CT molecular complexity index is 1350. The molecule has 8 heteroatoms. The molecule has 1 amide bonds. The summed E-state index contributed by atoms with van der Waals surface area (Å²) in [6.45, 7) is 0.281. The maximum absolute atomic E-state index is 13.2. The molecule has 1 N–H and O–H groups in total. The number of halogens is 2. The Morgan fingerprint density at radius 2 is 1.65 bits per heavy atom. The number of carbonyl (C=O) groups excluding carboxylic acids is 1. The summed E-state index contributed by atoms with van der Waals surface area (Å²) >= 11 is 5.87. The largest absolute Gasteiger partial charge is 0.350 e. The Labute approximate surface area is 184 Å². The van der Waals surface area contributed by atoms with Crippen molar-refractivity contribution in [3.63, 3.8) is 0 Å². The van der Waals surface area contributed by atoms with Crippen LogP contribution in [-0.4, -0.2) is 18.9 Å². The lowest BCUT2D eigenvalue weighted by Crippen LogP contribution is -2.26. The molecule has 0 radical (unpaired) electrons. The van der Waals surface area contributed by atoms with Crippen LogP contribution in [-0.2, 0) is 27.7 Å². The van der Waals surface area contributed by atoms with Gasteiger partial charge in [-0.15, -0.1) is 0 Å². The van der Waals surface area contributed by atoms with E-state index in [1.54, 1.807) is 41.0 Å². The molecule has 0 bridgehead atoms.